The first-order chi connectivity index (χ1) is 11.6. The number of hydrogen-bond acceptors (Lipinski definition) is 3. The average molecular weight is 341 g/mol. The third-order valence-electron chi connectivity index (χ3n) is 3.95. The fourth-order valence-corrected chi connectivity index (χ4v) is 2.51. The molecule has 0 aromatic carbocycles. The van der Waals surface area contributed by atoms with Crippen molar-refractivity contribution in [1.82, 2.24) is 0 Å². The highest BCUT2D eigenvalue weighted by Gasteiger charge is 2.11. The van der Waals surface area contributed by atoms with Crippen LogP contribution in [0.3, 0.4) is 0 Å². The lowest BCUT2D eigenvalue weighted by Crippen LogP contribution is -2.16. The number of carbonyl (C=O) groups is 2. The van der Waals surface area contributed by atoms with Crippen LogP contribution in [0.4, 0.5) is 0 Å². The van der Waals surface area contributed by atoms with Gasteiger partial charge in [-0.15, -0.1) is 0 Å². The minimum Gasteiger partial charge on any atom is -0.481 e. The second-order valence-electron chi connectivity index (χ2n) is 6.40. The zero-order chi connectivity index (χ0) is 18.0. The zero-order valence-corrected chi connectivity index (χ0v) is 15.6. The summed E-state index contributed by atoms with van der Waals surface area (Å²) in [6, 6.07) is 0. The topological polar surface area (TPSA) is 63.6 Å². The number of carboxylic acids is 1. The van der Waals surface area contributed by atoms with E-state index in [0.717, 1.165) is 57.8 Å². The molecule has 0 saturated carbocycles. The number of carbonyl (C=O) groups excluding carboxylic acids is 1. The molecule has 24 heavy (non-hydrogen) atoms. The maximum atomic E-state index is 11.9. The van der Waals surface area contributed by atoms with Gasteiger partial charge in [0.15, 0.2) is 0 Å². The van der Waals surface area contributed by atoms with Crippen LogP contribution in [0.2, 0.25) is 0 Å². The number of allylic oxidation sites excluding steroid dienone is 1. The lowest BCUT2D eigenvalue weighted by Gasteiger charge is -2.14. The van der Waals surface area contributed by atoms with Crippen molar-refractivity contribution in [3.8, 4) is 0 Å². The molecule has 0 saturated heterocycles. The van der Waals surface area contributed by atoms with Crippen LogP contribution in [0.1, 0.15) is 97.3 Å². The van der Waals surface area contributed by atoms with E-state index in [9.17, 15) is 9.59 Å². The summed E-state index contributed by atoms with van der Waals surface area (Å²) in [4.78, 5) is 22.4. The number of unbranched alkanes of at least 4 members (excludes halogenated alkanes) is 7. The smallest absolute Gasteiger partial charge is 0.306 e. The molecule has 0 aliphatic rings. The highest BCUT2D eigenvalue weighted by atomic mass is 16.5. The quantitative estimate of drug-likeness (QED) is 0.224. The zero-order valence-electron chi connectivity index (χ0n) is 15.6. The van der Waals surface area contributed by atoms with Gasteiger partial charge in [-0.25, -0.2) is 0 Å². The predicted octanol–water partition coefficient (Wildman–Crippen LogP) is 5.65. The molecule has 0 aliphatic carbocycles. The van der Waals surface area contributed by atoms with Gasteiger partial charge in [-0.2, -0.15) is 0 Å². The maximum absolute atomic E-state index is 11.9. The Morgan fingerprint density at radius 3 is 2.25 bits per heavy atom. The first-order valence-electron chi connectivity index (χ1n) is 9.68. The van der Waals surface area contributed by atoms with Crippen molar-refractivity contribution < 1.29 is 19.4 Å². The van der Waals surface area contributed by atoms with Gasteiger partial charge < -0.3 is 9.84 Å². The summed E-state index contributed by atoms with van der Waals surface area (Å²) in [7, 11) is 0. The summed E-state index contributed by atoms with van der Waals surface area (Å²) >= 11 is 0. The van der Waals surface area contributed by atoms with Crippen LogP contribution in [-0.2, 0) is 14.3 Å². The van der Waals surface area contributed by atoms with Crippen molar-refractivity contribution >= 4 is 11.9 Å². The lowest BCUT2D eigenvalue weighted by molar-refractivity contribution is -0.147. The van der Waals surface area contributed by atoms with E-state index < -0.39 is 5.97 Å². The average Bonchev–Trinajstić information content (AvgIpc) is 2.54. The third kappa shape index (κ3) is 15.6. The Hall–Kier alpha value is -1.32. The van der Waals surface area contributed by atoms with Crippen molar-refractivity contribution in [2.45, 2.75) is 103 Å². The molecular weight excluding hydrogens is 304 g/mol. The van der Waals surface area contributed by atoms with E-state index in [4.69, 9.17) is 9.84 Å². The molecular formula is C20H36O4. The molecule has 4 nitrogen and oxygen atoms in total. The minimum atomic E-state index is -0.729. The Morgan fingerprint density at radius 2 is 1.58 bits per heavy atom. The highest BCUT2D eigenvalue weighted by Crippen LogP contribution is 2.13. The molecule has 0 aromatic heterocycles. The largest absolute Gasteiger partial charge is 0.481 e. The summed E-state index contributed by atoms with van der Waals surface area (Å²) < 4.78 is 5.60. The molecule has 0 spiro atoms. The summed E-state index contributed by atoms with van der Waals surface area (Å²) in [5, 5.41) is 8.62. The van der Waals surface area contributed by atoms with E-state index in [2.05, 4.69) is 19.9 Å². The van der Waals surface area contributed by atoms with Gasteiger partial charge in [0, 0.05) is 12.8 Å². The number of hydrogen-bond donors (Lipinski definition) is 1. The van der Waals surface area contributed by atoms with Crippen molar-refractivity contribution in [3.05, 3.63) is 12.2 Å². The Bertz CT molecular complexity index is 350. The second-order valence-corrected chi connectivity index (χ2v) is 6.40. The number of aliphatic carboxylic acids is 1. The van der Waals surface area contributed by atoms with Gasteiger partial charge >= 0.3 is 11.9 Å². The van der Waals surface area contributed by atoms with Crippen molar-refractivity contribution in [2.24, 2.45) is 0 Å². The molecule has 1 unspecified atom stereocenters. The highest BCUT2D eigenvalue weighted by molar-refractivity contribution is 5.69. The van der Waals surface area contributed by atoms with Gasteiger partial charge in [0.2, 0.25) is 0 Å². The molecule has 1 atom stereocenters. The summed E-state index contributed by atoms with van der Waals surface area (Å²) in [5.41, 5.74) is 0. The van der Waals surface area contributed by atoms with Crippen LogP contribution in [-0.4, -0.2) is 23.1 Å². The molecule has 1 N–H and O–H groups in total. The monoisotopic (exact) mass is 340 g/mol. The first kappa shape index (κ1) is 22.7. The number of esters is 1. The fraction of sp³-hybridized carbons (Fsp3) is 0.800. The number of rotatable bonds is 16. The van der Waals surface area contributed by atoms with E-state index in [1.807, 2.05) is 6.08 Å². The normalized spacial score (nSPS) is 12.4. The molecule has 0 heterocycles. The SMILES string of the molecule is CCC/C=C\C(CCCCCCC(=O)O)OC(=O)CCCCCC. The van der Waals surface area contributed by atoms with E-state index in [1.54, 1.807) is 0 Å². The standard InChI is InChI=1S/C20H36O4/c1-3-5-7-13-17-20(23)24-18(14-10-6-4-2)15-11-8-9-12-16-19(21)22/h10,14,18H,3-9,11-13,15-17H2,1-2H3,(H,21,22)/b14-10-. The summed E-state index contributed by atoms with van der Waals surface area (Å²) in [6.07, 6.45) is 15.6. The third-order valence-corrected chi connectivity index (χ3v) is 3.95. The number of carboxylic acid groups (broad SMARTS) is 1. The summed E-state index contributed by atoms with van der Waals surface area (Å²) in [6.45, 7) is 4.28. The van der Waals surface area contributed by atoms with Gasteiger partial charge in [-0.1, -0.05) is 58.4 Å². The van der Waals surface area contributed by atoms with Crippen LogP contribution in [0, 0.1) is 0 Å². The Balaban J connectivity index is 4.03. The van der Waals surface area contributed by atoms with Crippen LogP contribution in [0.25, 0.3) is 0 Å². The van der Waals surface area contributed by atoms with E-state index in [1.165, 1.54) is 12.8 Å². The Morgan fingerprint density at radius 1 is 0.917 bits per heavy atom. The Kier molecular flexibility index (Phi) is 15.6. The van der Waals surface area contributed by atoms with Crippen LogP contribution in [0.5, 0.6) is 0 Å². The molecule has 0 rings (SSSR count). The van der Waals surface area contributed by atoms with E-state index in [0.29, 0.717) is 6.42 Å². The van der Waals surface area contributed by atoms with Gasteiger partial charge in [-0.3, -0.25) is 9.59 Å². The molecule has 0 radical (unpaired) electrons. The van der Waals surface area contributed by atoms with Crippen LogP contribution in [0.15, 0.2) is 12.2 Å². The lowest BCUT2D eigenvalue weighted by atomic mass is 10.1. The van der Waals surface area contributed by atoms with Gasteiger partial charge in [0.25, 0.3) is 0 Å². The van der Waals surface area contributed by atoms with E-state index in [-0.39, 0.29) is 18.5 Å². The summed E-state index contributed by atoms with van der Waals surface area (Å²) in [5.74, 6) is -0.824. The molecule has 0 fully saturated rings. The predicted molar refractivity (Wildman–Crippen MR) is 98.0 cm³/mol. The van der Waals surface area contributed by atoms with E-state index >= 15 is 0 Å². The van der Waals surface area contributed by atoms with Crippen LogP contribution >= 0.6 is 0 Å². The molecule has 0 bridgehead atoms. The van der Waals surface area contributed by atoms with Crippen molar-refractivity contribution in [1.29, 1.82) is 0 Å². The fourth-order valence-electron chi connectivity index (χ4n) is 2.51. The maximum Gasteiger partial charge on any atom is 0.306 e. The molecule has 4 heteroatoms. The van der Waals surface area contributed by atoms with Gasteiger partial charge in [0.05, 0.1) is 0 Å². The second kappa shape index (κ2) is 16.5. The minimum absolute atomic E-state index is 0.0943. The van der Waals surface area contributed by atoms with Crippen molar-refractivity contribution in [3.63, 3.8) is 0 Å². The number of ether oxygens (including phenoxy) is 1. The van der Waals surface area contributed by atoms with Gasteiger partial charge in [-0.05, 0) is 38.2 Å². The molecule has 0 amide bonds. The van der Waals surface area contributed by atoms with Gasteiger partial charge in [0.1, 0.15) is 6.10 Å². The Labute approximate surface area is 147 Å². The van der Waals surface area contributed by atoms with Crippen molar-refractivity contribution in [2.75, 3.05) is 0 Å². The van der Waals surface area contributed by atoms with Crippen LogP contribution < -0.4 is 0 Å². The molecule has 0 aromatic rings. The molecule has 0 aliphatic heterocycles. The first-order valence-corrected chi connectivity index (χ1v) is 9.68. The molecule has 140 valence electrons.